The summed E-state index contributed by atoms with van der Waals surface area (Å²) < 4.78 is 15.4. The number of aryl methyl sites for hydroxylation is 2. The minimum atomic E-state index is -0.706. The minimum Gasteiger partial charge on any atom is -0.487 e. The summed E-state index contributed by atoms with van der Waals surface area (Å²) in [6.45, 7) is 2.72. The van der Waals surface area contributed by atoms with E-state index in [4.69, 9.17) is 42.6 Å². The first-order chi connectivity index (χ1) is 33.0. The van der Waals surface area contributed by atoms with Gasteiger partial charge in [-0.3, -0.25) is 34.5 Å². The van der Waals surface area contributed by atoms with Gasteiger partial charge in [0.15, 0.2) is 0 Å². The molecule has 2 aromatic carbocycles. The summed E-state index contributed by atoms with van der Waals surface area (Å²) in [5.74, 6) is -0.836. The Hall–Kier alpha value is -5.96. The molecule has 0 fully saturated rings. The fourth-order valence-corrected chi connectivity index (χ4v) is 7.36. The Balaban J connectivity index is 0.000000360. The van der Waals surface area contributed by atoms with Crippen LogP contribution in [-0.2, 0) is 58.3 Å². The lowest BCUT2D eigenvalue weighted by molar-refractivity contribution is -0.138. The van der Waals surface area contributed by atoms with Crippen LogP contribution in [0.5, 0.6) is 11.5 Å². The molecule has 68 heavy (non-hydrogen) atoms. The Kier molecular flexibility index (Phi) is 28.5. The Morgan fingerprint density at radius 1 is 0.574 bits per heavy atom. The standard InChI is InChI=1S/2C24H38N6O4/c25-18-27-22(24(26)33)15-19-10-12-21(13-11-19)34-17-20-16-30(29-28-20)14-8-6-4-2-1-3-5-7-9-23(31)32;25-18-27-22(24(26)33)15-19-10-12-21(13-11-19)34-17-20-16-28-29-30(20)14-8-6-4-2-1-3-5-7-9-23(31)32/h2*10-13,16,22,27H,1-9,14-15,17-18,25H2,(H2,26,33)(H,31,32)/t2*22-/m00/s1. The highest BCUT2D eigenvalue weighted by molar-refractivity contribution is 5.80. The Morgan fingerprint density at radius 3 is 1.44 bits per heavy atom. The molecule has 0 saturated carbocycles. The Bertz CT molecular complexity index is 1990. The Morgan fingerprint density at radius 2 is 1.00 bits per heavy atom. The van der Waals surface area contributed by atoms with Gasteiger partial charge in [-0.2, -0.15) is 0 Å². The number of primary amides is 2. The summed E-state index contributed by atoms with van der Waals surface area (Å²) in [6, 6.07) is 14.1. The van der Waals surface area contributed by atoms with Crippen molar-refractivity contribution in [3.8, 4) is 11.5 Å². The molecule has 0 aliphatic rings. The van der Waals surface area contributed by atoms with Gasteiger partial charge in [-0.1, -0.05) is 112 Å². The third-order valence-corrected chi connectivity index (χ3v) is 11.2. The molecule has 376 valence electrons. The smallest absolute Gasteiger partial charge is 0.303 e. The number of carbonyl (C=O) groups excluding carboxylic acids is 2. The fourth-order valence-electron chi connectivity index (χ4n) is 7.36. The highest BCUT2D eigenvalue weighted by Crippen LogP contribution is 2.18. The molecule has 20 nitrogen and oxygen atoms in total. The van der Waals surface area contributed by atoms with Crippen LogP contribution in [0.3, 0.4) is 0 Å². The third kappa shape index (κ3) is 25.3. The normalized spacial score (nSPS) is 11.9. The molecule has 0 bridgehead atoms. The number of hydrogen-bond acceptors (Lipinski definition) is 14. The van der Waals surface area contributed by atoms with Gasteiger partial charge in [-0.15, -0.1) is 10.2 Å². The van der Waals surface area contributed by atoms with Gasteiger partial charge in [0.05, 0.1) is 30.2 Å². The average Bonchev–Trinajstić information content (AvgIpc) is 3.98. The van der Waals surface area contributed by atoms with Crippen LogP contribution in [0.4, 0.5) is 0 Å². The van der Waals surface area contributed by atoms with Crippen molar-refractivity contribution in [1.29, 1.82) is 0 Å². The van der Waals surface area contributed by atoms with E-state index in [2.05, 4.69) is 31.3 Å². The number of unbranched alkanes of at least 4 members (excludes halogenated alkanes) is 14. The van der Waals surface area contributed by atoms with E-state index in [1.807, 2.05) is 64.1 Å². The van der Waals surface area contributed by atoms with Crippen LogP contribution in [0, 0.1) is 0 Å². The second kappa shape index (κ2) is 34.3. The maximum atomic E-state index is 11.5. The summed E-state index contributed by atoms with van der Waals surface area (Å²) in [5.41, 5.74) is 25.3. The molecule has 2 amide bonds. The van der Waals surface area contributed by atoms with Crippen molar-refractivity contribution in [3.63, 3.8) is 0 Å². The van der Waals surface area contributed by atoms with Crippen LogP contribution in [-0.4, -0.2) is 89.4 Å². The average molecular weight is 949 g/mol. The molecule has 4 aromatic rings. The van der Waals surface area contributed by atoms with Crippen molar-refractivity contribution in [2.45, 2.75) is 167 Å². The molecule has 0 aliphatic heterocycles. The summed E-state index contributed by atoms with van der Waals surface area (Å²) >= 11 is 0. The minimum absolute atomic E-state index is 0.187. The van der Waals surface area contributed by atoms with Crippen molar-refractivity contribution in [3.05, 3.63) is 83.4 Å². The molecule has 4 rings (SSSR count). The van der Waals surface area contributed by atoms with Crippen molar-refractivity contribution < 1.29 is 38.9 Å². The molecule has 2 aromatic heterocycles. The van der Waals surface area contributed by atoms with Gasteiger partial charge in [-0.25, -0.2) is 4.68 Å². The molecule has 20 heteroatoms. The third-order valence-electron chi connectivity index (χ3n) is 11.2. The number of rotatable bonds is 38. The SMILES string of the molecule is NCN[C@@H](Cc1ccc(OCc2cn(CCCCCCCCCCC(=O)O)nn2)cc1)C(N)=O.NCN[C@@H](Cc1ccc(OCc2cnnn2CCCCCCCCCCC(=O)O)cc1)C(N)=O. The van der Waals surface area contributed by atoms with Gasteiger partial charge >= 0.3 is 11.9 Å². The van der Waals surface area contributed by atoms with Gasteiger partial charge in [0.25, 0.3) is 0 Å². The topological polar surface area (TPSA) is 317 Å². The zero-order valence-electron chi connectivity index (χ0n) is 39.6. The number of aromatic nitrogens is 6. The molecule has 0 spiro atoms. The predicted molar refractivity (Wildman–Crippen MR) is 258 cm³/mol. The number of hydrogen-bond donors (Lipinski definition) is 8. The van der Waals surface area contributed by atoms with Crippen LogP contribution in [0.25, 0.3) is 0 Å². The number of ether oxygens (including phenoxy) is 2. The number of nitrogens with zero attached hydrogens (tertiary/aromatic N) is 6. The number of carbonyl (C=O) groups is 4. The highest BCUT2D eigenvalue weighted by atomic mass is 16.5. The van der Waals surface area contributed by atoms with Gasteiger partial charge in [0, 0.05) is 39.3 Å². The van der Waals surface area contributed by atoms with Crippen molar-refractivity contribution in [2.75, 3.05) is 13.3 Å². The zero-order chi connectivity index (χ0) is 49.2. The number of nitrogens with one attached hydrogen (secondary N) is 2. The van der Waals surface area contributed by atoms with E-state index >= 15 is 0 Å². The molecule has 0 saturated heterocycles. The molecule has 2 heterocycles. The first-order valence-corrected chi connectivity index (χ1v) is 24.1. The number of aliphatic carboxylic acids is 2. The van der Waals surface area contributed by atoms with E-state index < -0.39 is 35.8 Å². The molecule has 2 atom stereocenters. The van der Waals surface area contributed by atoms with Crippen LogP contribution in [0.1, 0.15) is 138 Å². The fraction of sp³-hybridized carbons (Fsp3) is 0.583. The van der Waals surface area contributed by atoms with Crippen LogP contribution in [0.2, 0.25) is 0 Å². The second-order valence-corrected chi connectivity index (χ2v) is 16.9. The van der Waals surface area contributed by atoms with E-state index in [9.17, 15) is 19.2 Å². The van der Waals surface area contributed by atoms with Crippen LogP contribution < -0.4 is 43.0 Å². The van der Waals surface area contributed by atoms with Crippen molar-refractivity contribution in [2.24, 2.45) is 22.9 Å². The number of amides is 2. The summed E-state index contributed by atoms with van der Waals surface area (Å²) in [7, 11) is 0. The highest BCUT2D eigenvalue weighted by Gasteiger charge is 2.16. The van der Waals surface area contributed by atoms with Crippen molar-refractivity contribution in [1.82, 2.24) is 40.6 Å². The first-order valence-electron chi connectivity index (χ1n) is 24.1. The molecule has 0 radical (unpaired) electrons. The summed E-state index contributed by atoms with van der Waals surface area (Å²) in [5, 5.41) is 39.5. The molecular weight excluding hydrogens is 873 g/mol. The quantitative estimate of drug-likeness (QED) is 0.0223. The lowest BCUT2D eigenvalue weighted by Crippen LogP contribution is -2.45. The van der Waals surface area contributed by atoms with E-state index in [1.54, 1.807) is 6.20 Å². The van der Waals surface area contributed by atoms with Gasteiger partial charge in [0.2, 0.25) is 11.8 Å². The number of carboxylic acids is 2. The largest absolute Gasteiger partial charge is 0.487 e. The summed E-state index contributed by atoms with van der Waals surface area (Å²) in [6.07, 6.45) is 22.3. The second-order valence-electron chi connectivity index (χ2n) is 16.9. The molecule has 0 aliphatic carbocycles. The maximum absolute atomic E-state index is 11.5. The molecule has 0 unspecified atom stereocenters. The Labute approximate surface area is 400 Å². The van der Waals surface area contributed by atoms with Crippen LogP contribution in [0.15, 0.2) is 60.9 Å². The maximum Gasteiger partial charge on any atom is 0.303 e. The lowest BCUT2D eigenvalue weighted by atomic mass is 10.1. The van der Waals surface area contributed by atoms with Gasteiger partial charge in [0.1, 0.15) is 30.4 Å². The van der Waals surface area contributed by atoms with Crippen molar-refractivity contribution >= 4 is 23.8 Å². The zero-order valence-corrected chi connectivity index (χ0v) is 39.6. The first kappa shape index (κ1) is 56.4. The van der Waals surface area contributed by atoms with E-state index in [1.165, 1.54) is 32.1 Å². The number of carboxylic acid groups (broad SMARTS) is 2. The number of nitrogens with two attached hydrogens (primary N) is 4. The van der Waals surface area contributed by atoms with Gasteiger partial charge < -0.3 is 42.6 Å². The predicted octanol–water partition coefficient (Wildman–Crippen LogP) is 4.71. The molecule has 12 N–H and O–H groups in total. The monoisotopic (exact) mass is 949 g/mol. The van der Waals surface area contributed by atoms with Crippen LogP contribution >= 0.6 is 0 Å². The van der Waals surface area contributed by atoms with E-state index in [0.717, 1.165) is 112 Å². The van der Waals surface area contributed by atoms with Gasteiger partial charge in [-0.05, 0) is 73.9 Å². The summed E-state index contributed by atoms with van der Waals surface area (Å²) in [4.78, 5) is 43.9. The molecular formula is C48H76N12O8. The van der Waals surface area contributed by atoms with E-state index in [0.29, 0.717) is 31.8 Å². The lowest BCUT2D eigenvalue weighted by Gasteiger charge is -2.14. The van der Waals surface area contributed by atoms with E-state index in [-0.39, 0.29) is 26.2 Å². The number of benzene rings is 2.